The average Bonchev–Trinajstić information content (AvgIpc) is 3.23. The van der Waals surface area contributed by atoms with Gasteiger partial charge in [-0.25, -0.2) is 4.79 Å². The summed E-state index contributed by atoms with van der Waals surface area (Å²) in [5.41, 5.74) is 0.996. The molecule has 6 heteroatoms. The van der Waals surface area contributed by atoms with E-state index in [0.29, 0.717) is 30.3 Å². The van der Waals surface area contributed by atoms with Crippen LogP contribution < -0.4 is 0 Å². The number of fused-ring (bicyclic) bond motifs is 2. The Balaban J connectivity index is 1.28. The lowest BCUT2D eigenvalue weighted by Gasteiger charge is -2.18. The summed E-state index contributed by atoms with van der Waals surface area (Å²) in [6, 6.07) is 7.50. The van der Waals surface area contributed by atoms with E-state index in [1.807, 2.05) is 9.80 Å². The molecule has 0 saturated carbocycles. The average molecular weight is 327 g/mol. The predicted octanol–water partition coefficient (Wildman–Crippen LogP) is 1.96. The Morgan fingerprint density at radius 1 is 0.958 bits per heavy atom. The topological polar surface area (TPSA) is 60.9 Å². The van der Waals surface area contributed by atoms with Crippen LogP contribution in [0.1, 0.15) is 46.4 Å². The molecule has 4 amide bonds. The molecule has 0 bridgehead atoms. The maximum atomic E-state index is 12.3. The van der Waals surface area contributed by atoms with Crippen LogP contribution in [0.3, 0.4) is 0 Å². The molecule has 4 rings (SSSR count). The van der Waals surface area contributed by atoms with Crippen LogP contribution in [-0.2, 0) is 0 Å². The normalized spacial score (nSPS) is 22.6. The van der Waals surface area contributed by atoms with Crippen molar-refractivity contribution in [1.29, 1.82) is 0 Å². The van der Waals surface area contributed by atoms with Crippen LogP contribution in [0.25, 0.3) is 0 Å². The summed E-state index contributed by atoms with van der Waals surface area (Å²) >= 11 is 0. The van der Waals surface area contributed by atoms with Gasteiger partial charge < -0.3 is 9.80 Å². The number of hydrogen-bond acceptors (Lipinski definition) is 3. The summed E-state index contributed by atoms with van der Waals surface area (Å²) < 4.78 is 0. The van der Waals surface area contributed by atoms with Gasteiger partial charge in [0, 0.05) is 26.2 Å². The minimum atomic E-state index is -0.200. The quantitative estimate of drug-likeness (QED) is 0.613. The van der Waals surface area contributed by atoms with Crippen LogP contribution in [0, 0.1) is 0 Å². The van der Waals surface area contributed by atoms with E-state index in [0.717, 1.165) is 38.8 Å². The smallest absolute Gasteiger partial charge is 0.320 e. The molecule has 0 spiro atoms. The van der Waals surface area contributed by atoms with Crippen molar-refractivity contribution in [3.63, 3.8) is 0 Å². The SMILES string of the molecule is O=C1c2ccccc2C(=O)N1CCCCN1C[C@@H]2CCCN2C1=O. The second-order valence-electron chi connectivity index (χ2n) is 6.73. The first kappa shape index (κ1) is 15.2. The van der Waals surface area contributed by atoms with Crippen molar-refractivity contribution in [3.05, 3.63) is 35.4 Å². The van der Waals surface area contributed by atoms with Gasteiger partial charge in [-0.1, -0.05) is 12.1 Å². The van der Waals surface area contributed by atoms with Gasteiger partial charge in [-0.3, -0.25) is 14.5 Å². The van der Waals surface area contributed by atoms with E-state index in [-0.39, 0.29) is 17.8 Å². The van der Waals surface area contributed by atoms with E-state index in [2.05, 4.69) is 0 Å². The van der Waals surface area contributed by atoms with Gasteiger partial charge in [0.1, 0.15) is 0 Å². The molecule has 0 N–H and O–H groups in total. The molecule has 24 heavy (non-hydrogen) atoms. The second kappa shape index (κ2) is 5.92. The Morgan fingerprint density at radius 2 is 1.62 bits per heavy atom. The molecule has 3 aliphatic heterocycles. The lowest BCUT2D eigenvalue weighted by molar-refractivity contribution is 0.0650. The van der Waals surface area contributed by atoms with Crippen LogP contribution in [0.5, 0.6) is 0 Å². The van der Waals surface area contributed by atoms with Crippen molar-refractivity contribution in [2.75, 3.05) is 26.2 Å². The molecule has 2 saturated heterocycles. The van der Waals surface area contributed by atoms with Crippen molar-refractivity contribution < 1.29 is 14.4 Å². The number of amides is 4. The summed E-state index contributed by atoms with van der Waals surface area (Å²) in [7, 11) is 0. The molecule has 0 radical (unpaired) electrons. The molecule has 0 aliphatic carbocycles. The maximum absolute atomic E-state index is 12.3. The van der Waals surface area contributed by atoms with Crippen LogP contribution >= 0.6 is 0 Å². The molecule has 0 unspecified atom stereocenters. The first-order valence-electron chi connectivity index (χ1n) is 8.67. The third-order valence-corrected chi connectivity index (χ3v) is 5.26. The fourth-order valence-electron chi connectivity index (χ4n) is 3.99. The van der Waals surface area contributed by atoms with E-state index in [1.54, 1.807) is 24.3 Å². The zero-order valence-corrected chi connectivity index (χ0v) is 13.6. The van der Waals surface area contributed by atoms with E-state index in [9.17, 15) is 14.4 Å². The van der Waals surface area contributed by atoms with Crippen molar-refractivity contribution in [3.8, 4) is 0 Å². The molecule has 2 fully saturated rings. The lowest BCUT2D eigenvalue weighted by atomic mass is 10.1. The van der Waals surface area contributed by atoms with E-state index >= 15 is 0 Å². The number of urea groups is 1. The number of nitrogens with zero attached hydrogens (tertiary/aromatic N) is 3. The number of unbranched alkanes of at least 4 members (excludes halogenated alkanes) is 1. The van der Waals surface area contributed by atoms with Gasteiger partial charge in [-0.15, -0.1) is 0 Å². The van der Waals surface area contributed by atoms with Crippen LogP contribution in [-0.4, -0.2) is 64.8 Å². The van der Waals surface area contributed by atoms with Crippen molar-refractivity contribution in [2.24, 2.45) is 0 Å². The standard InChI is InChI=1S/C18H21N3O3/c22-16-14-7-1-2-8-15(14)17(23)21(16)10-4-3-9-19-12-13-6-5-11-20(13)18(19)24/h1-2,7-8,13H,3-6,9-12H2/t13-/m0/s1. The molecule has 3 aliphatic rings. The first-order valence-corrected chi connectivity index (χ1v) is 8.67. The number of imide groups is 1. The molecule has 0 aromatic heterocycles. The van der Waals surface area contributed by atoms with Gasteiger partial charge in [-0.2, -0.15) is 0 Å². The minimum Gasteiger partial charge on any atom is -0.323 e. The Hall–Kier alpha value is -2.37. The summed E-state index contributed by atoms with van der Waals surface area (Å²) in [5, 5.41) is 0. The van der Waals surface area contributed by atoms with Crippen molar-refractivity contribution in [2.45, 2.75) is 31.7 Å². The largest absolute Gasteiger partial charge is 0.323 e. The molecule has 1 aromatic rings. The summed E-state index contributed by atoms with van der Waals surface area (Å²) in [6.45, 7) is 2.83. The number of carbonyl (C=O) groups excluding carboxylic acids is 3. The monoisotopic (exact) mass is 327 g/mol. The highest BCUT2D eigenvalue weighted by molar-refractivity contribution is 6.21. The zero-order valence-electron chi connectivity index (χ0n) is 13.6. The Morgan fingerprint density at radius 3 is 2.29 bits per heavy atom. The van der Waals surface area contributed by atoms with Gasteiger partial charge in [0.15, 0.2) is 0 Å². The second-order valence-corrected chi connectivity index (χ2v) is 6.73. The van der Waals surface area contributed by atoms with Gasteiger partial charge in [0.2, 0.25) is 0 Å². The third kappa shape index (κ3) is 2.37. The fourth-order valence-corrected chi connectivity index (χ4v) is 3.99. The highest BCUT2D eigenvalue weighted by atomic mass is 16.2. The van der Waals surface area contributed by atoms with E-state index in [4.69, 9.17) is 0 Å². The highest BCUT2D eigenvalue weighted by Gasteiger charge is 2.39. The summed E-state index contributed by atoms with van der Waals surface area (Å²) in [4.78, 5) is 42.0. The van der Waals surface area contributed by atoms with E-state index < -0.39 is 0 Å². The Labute approximate surface area is 141 Å². The molecular formula is C18H21N3O3. The fraction of sp³-hybridized carbons (Fsp3) is 0.500. The highest BCUT2D eigenvalue weighted by Crippen LogP contribution is 2.26. The Bertz CT molecular complexity index is 668. The third-order valence-electron chi connectivity index (χ3n) is 5.26. The molecule has 1 atom stereocenters. The van der Waals surface area contributed by atoms with Gasteiger partial charge in [0.25, 0.3) is 11.8 Å². The van der Waals surface area contributed by atoms with Gasteiger partial charge >= 0.3 is 6.03 Å². The van der Waals surface area contributed by atoms with Crippen LogP contribution in [0.2, 0.25) is 0 Å². The molecule has 6 nitrogen and oxygen atoms in total. The first-order chi connectivity index (χ1) is 11.7. The van der Waals surface area contributed by atoms with Crippen LogP contribution in [0.4, 0.5) is 4.79 Å². The predicted molar refractivity (Wildman–Crippen MR) is 87.7 cm³/mol. The van der Waals surface area contributed by atoms with E-state index in [1.165, 1.54) is 4.90 Å². The van der Waals surface area contributed by atoms with Crippen molar-refractivity contribution in [1.82, 2.24) is 14.7 Å². The van der Waals surface area contributed by atoms with Gasteiger partial charge in [-0.05, 0) is 37.8 Å². The van der Waals surface area contributed by atoms with Crippen molar-refractivity contribution >= 4 is 17.8 Å². The molecular weight excluding hydrogens is 306 g/mol. The number of rotatable bonds is 5. The zero-order chi connectivity index (χ0) is 16.7. The number of benzene rings is 1. The molecule has 3 heterocycles. The Kier molecular flexibility index (Phi) is 3.75. The lowest BCUT2D eigenvalue weighted by Crippen LogP contribution is -2.33. The molecule has 1 aromatic carbocycles. The van der Waals surface area contributed by atoms with Crippen LogP contribution in [0.15, 0.2) is 24.3 Å². The summed E-state index contributed by atoms with van der Waals surface area (Å²) in [5.74, 6) is -0.401. The minimum absolute atomic E-state index is 0.151. The summed E-state index contributed by atoms with van der Waals surface area (Å²) in [6.07, 6.45) is 3.75. The maximum Gasteiger partial charge on any atom is 0.320 e. The van der Waals surface area contributed by atoms with Gasteiger partial charge in [0.05, 0.1) is 17.2 Å². The number of hydrogen-bond donors (Lipinski definition) is 0. The number of carbonyl (C=O) groups is 3. The molecule has 126 valence electrons.